The third kappa shape index (κ3) is 3.38. The number of carboxylic acid groups (broad SMARTS) is 1. The van der Waals surface area contributed by atoms with Crippen molar-refractivity contribution in [2.75, 3.05) is 18.8 Å². The fraction of sp³-hybridized carbons (Fsp3) is 0.455. The van der Waals surface area contributed by atoms with Gasteiger partial charge in [0.2, 0.25) is 0 Å². The van der Waals surface area contributed by atoms with Crippen molar-refractivity contribution in [2.45, 2.75) is 18.9 Å². The molecule has 8 heteroatoms. The molecule has 6 nitrogen and oxygen atoms in total. The third-order valence-corrected chi connectivity index (χ3v) is 4.62. The average molecular weight is 348 g/mol. The first-order chi connectivity index (χ1) is 8.97. The number of halogens is 1. The first-order valence-corrected chi connectivity index (χ1v) is 7.42. The minimum absolute atomic E-state index is 0.155. The Hall–Kier alpha value is -1.28. The molecule has 0 aromatic carbocycles. The van der Waals surface area contributed by atoms with Gasteiger partial charge in [0.25, 0.3) is 5.91 Å². The second-order valence-corrected chi connectivity index (χ2v) is 6.81. The highest BCUT2D eigenvalue weighted by Gasteiger charge is 2.25. The van der Waals surface area contributed by atoms with E-state index in [-0.39, 0.29) is 11.9 Å². The topological polar surface area (TPSA) is 95.7 Å². The molecule has 0 bridgehead atoms. The zero-order valence-electron chi connectivity index (χ0n) is 10.1. The molecule has 1 atom stereocenters. The van der Waals surface area contributed by atoms with Crippen LogP contribution >= 0.6 is 27.3 Å². The van der Waals surface area contributed by atoms with Gasteiger partial charge in [-0.3, -0.25) is 4.79 Å². The van der Waals surface area contributed by atoms with Crippen LogP contribution in [0, 0.1) is 0 Å². The number of carbonyl (C=O) groups excluding carboxylic acids is 1. The lowest BCUT2D eigenvalue weighted by molar-refractivity contribution is 0.0893. The Bertz CT molecular complexity index is 505. The van der Waals surface area contributed by atoms with Gasteiger partial charge >= 0.3 is 6.09 Å². The van der Waals surface area contributed by atoms with Crippen LogP contribution in [0.4, 0.5) is 10.5 Å². The molecule has 0 aliphatic carbocycles. The van der Waals surface area contributed by atoms with Gasteiger partial charge in [-0.05, 0) is 34.8 Å². The SMILES string of the molecule is Nc1cc(Br)sc1C(=O)NC1CCCN(C(=O)O)C1. The van der Waals surface area contributed by atoms with Crippen molar-refractivity contribution in [3.05, 3.63) is 14.7 Å². The van der Waals surface area contributed by atoms with Crippen LogP contribution in [-0.2, 0) is 0 Å². The van der Waals surface area contributed by atoms with E-state index in [2.05, 4.69) is 21.2 Å². The molecule has 104 valence electrons. The molecule has 2 amide bonds. The second kappa shape index (κ2) is 5.79. The smallest absolute Gasteiger partial charge is 0.407 e. The maximum Gasteiger partial charge on any atom is 0.407 e. The van der Waals surface area contributed by atoms with Crippen molar-refractivity contribution < 1.29 is 14.7 Å². The molecule has 2 rings (SSSR count). The Kier molecular flexibility index (Phi) is 4.31. The lowest BCUT2D eigenvalue weighted by Gasteiger charge is -2.31. The molecule has 19 heavy (non-hydrogen) atoms. The fourth-order valence-corrected chi connectivity index (χ4v) is 3.51. The van der Waals surface area contributed by atoms with Crippen molar-refractivity contribution in [2.24, 2.45) is 0 Å². The minimum Gasteiger partial charge on any atom is -0.465 e. The van der Waals surface area contributed by atoms with Gasteiger partial charge in [0.1, 0.15) is 4.88 Å². The second-order valence-electron chi connectivity index (χ2n) is 4.38. The molecular formula is C11H14BrN3O3S. The Balaban J connectivity index is 1.99. The first-order valence-electron chi connectivity index (χ1n) is 5.81. The van der Waals surface area contributed by atoms with Gasteiger partial charge in [0.05, 0.1) is 9.47 Å². The van der Waals surface area contributed by atoms with Gasteiger partial charge in [-0.15, -0.1) is 11.3 Å². The van der Waals surface area contributed by atoms with Gasteiger partial charge < -0.3 is 21.1 Å². The predicted octanol–water partition coefficient (Wildman–Crippen LogP) is 1.97. The van der Waals surface area contributed by atoms with Crippen LogP contribution in [-0.4, -0.2) is 41.1 Å². The van der Waals surface area contributed by atoms with Crippen LogP contribution in [0.5, 0.6) is 0 Å². The maximum absolute atomic E-state index is 12.1. The van der Waals surface area contributed by atoms with Gasteiger partial charge in [-0.2, -0.15) is 0 Å². The van der Waals surface area contributed by atoms with Crippen LogP contribution < -0.4 is 11.1 Å². The quantitative estimate of drug-likeness (QED) is 0.761. The zero-order valence-corrected chi connectivity index (χ0v) is 12.5. The van der Waals surface area contributed by atoms with Crippen molar-refractivity contribution in [1.82, 2.24) is 10.2 Å². The molecule has 1 aromatic rings. The zero-order chi connectivity index (χ0) is 14.0. The van der Waals surface area contributed by atoms with E-state index in [9.17, 15) is 9.59 Å². The molecule has 1 aliphatic heterocycles. The van der Waals surface area contributed by atoms with Crippen molar-refractivity contribution in [1.29, 1.82) is 0 Å². The number of anilines is 1. The van der Waals surface area contributed by atoms with Gasteiger partial charge in [-0.1, -0.05) is 0 Å². The van der Waals surface area contributed by atoms with E-state index < -0.39 is 6.09 Å². The number of likely N-dealkylation sites (tertiary alicyclic amines) is 1. The summed E-state index contributed by atoms with van der Waals surface area (Å²) >= 11 is 4.55. The van der Waals surface area contributed by atoms with Gasteiger partial charge in [-0.25, -0.2) is 4.79 Å². The van der Waals surface area contributed by atoms with Crippen LogP contribution in [0.3, 0.4) is 0 Å². The third-order valence-electron chi connectivity index (χ3n) is 2.96. The minimum atomic E-state index is -0.947. The summed E-state index contributed by atoms with van der Waals surface area (Å²) in [6.45, 7) is 0.849. The highest BCUT2D eigenvalue weighted by atomic mass is 79.9. The summed E-state index contributed by atoms with van der Waals surface area (Å²) in [5.41, 5.74) is 6.17. The fourth-order valence-electron chi connectivity index (χ4n) is 2.07. The van der Waals surface area contributed by atoms with E-state index in [1.807, 2.05) is 0 Å². The highest BCUT2D eigenvalue weighted by molar-refractivity contribution is 9.11. The number of rotatable bonds is 2. The normalized spacial score (nSPS) is 19.2. The van der Waals surface area contributed by atoms with Crippen LogP contribution in [0.2, 0.25) is 0 Å². The number of nitrogen functional groups attached to an aromatic ring is 1. The maximum atomic E-state index is 12.1. The molecule has 4 N–H and O–H groups in total. The van der Waals surface area contributed by atoms with E-state index in [1.54, 1.807) is 6.07 Å². The Morgan fingerprint density at radius 1 is 1.58 bits per heavy atom. The monoisotopic (exact) mass is 347 g/mol. The number of nitrogens with two attached hydrogens (primary N) is 1. The molecule has 1 fully saturated rings. The summed E-state index contributed by atoms with van der Waals surface area (Å²) in [7, 11) is 0. The number of hydrogen-bond donors (Lipinski definition) is 3. The summed E-state index contributed by atoms with van der Waals surface area (Å²) in [5.74, 6) is -0.245. The van der Waals surface area contributed by atoms with E-state index in [1.165, 1.54) is 16.2 Å². The molecule has 1 aromatic heterocycles. The summed E-state index contributed by atoms with van der Waals surface area (Å²) in [5, 5.41) is 11.8. The first kappa shape index (κ1) is 14.1. The Morgan fingerprint density at radius 2 is 2.32 bits per heavy atom. The molecular weight excluding hydrogens is 334 g/mol. The lowest BCUT2D eigenvalue weighted by atomic mass is 10.1. The molecule has 1 unspecified atom stereocenters. The van der Waals surface area contributed by atoms with Gasteiger partial charge in [0.15, 0.2) is 0 Å². The van der Waals surface area contributed by atoms with Crippen LogP contribution in [0.15, 0.2) is 9.85 Å². The molecule has 2 heterocycles. The van der Waals surface area contributed by atoms with Crippen LogP contribution in [0.1, 0.15) is 22.5 Å². The van der Waals surface area contributed by atoms with E-state index >= 15 is 0 Å². The average Bonchev–Trinajstić information content (AvgIpc) is 2.69. The number of nitrogens with one attached hydrogen (secondary N) is 1. The molecule has 1 aliphatic rings. The number of nitrogens with zero attached hydrogens (tertiary/aromatic N) is 1. The number of hydrogen-bond acceptors (Lipinski definition) is 4. The number of thiophene rings is 1. The number of amides is 2. The summed E-state index contributed by atoms with van der Waals surface area (Å²) in [4.78, 5) is 24.7. The van der Waals surface area contributed by atoms with E-state index in [0.29, 0.717) is 23.7 Å². The van der Waals surface area contributed by atoms with Crippen molar-refractivity contribution in [3.63, 3.8) is 0 Å². The highest BCUT2D eigenvalue weighted by Crippen LogP contribution is 2.29. The Morgan fingerprint density at radius 3 is 2.89 bits per heavy atom. The summed E-state index contributed by atoms with van der Waals surface area (Å²) in [6.07, 6.45) is 0.584. The van der Waals surface area contributed by atoms with E-state index in [4.69, 9.17) is 10.8 Å². The molecule has 0 spiro atoms. The summed E-state index contributed by atoms with van der Waals surface area (Å²) in [6, 6.07) is 1.53. The summed E-state index contributed by atoms with van der Waals surface area (Å²) < 4.78 is 0.797. The largest absolute Gasteiger partial charge is 0.465 e. The number of carbonyl (C=O) groups is 2. The van der Waals surface area contributed by atoms with Crippen LogP contribution in [0.25, 0.3) is 0 Å². The van der Waals surface area contributed by atoms with Gasteiger partial charge in [0, 0.05) is 19.1 Å². The van der Waals surface area contributed by atoms with Crippen molar-refractivity contribution >= 4 is 45.0 Å². The molecule has 1 saturated heterocycles. The molecule has 0 radical (unpaired) electrons. The molecule has 0 saturated carbocycles. The Labute approximate surface area is 122 Å². The predicted molar refractivity (Wildman–Crippen MR) is 76.5 cm³/mol. The standard InChI is InChI=1S/C11H14BrN3O3S/c12-8-4-7(13)9(19-8)10(16)14-6-2-1-3-15(5-6)11(17)18/h4,6H,1-3,5,13H2,(H,14,16)(H,17,18). The lowest BCUT2D eigenvalue weighted by Crippen LogP contribution is -2.49. The van der Waals surface area contributed by atoms with E-state index in [0.717, 1.165) is 16.6 Å². The van der Waals surface area contributed by atoms with Crippen molar-refractivity contribution in [3.8, 4) is 0 Å². The number of piperidine rings is 1.